The number of likely N-dealkylation sites (tertiary alicyclic amines) is 1. The van der Waals surface area contributed by atoms with E-state index >= 15 is 0 Å². The largest absolute Gasteiger partial charge is 0.383 e. The maximum absolute atomic E-state index is 8.76. The normalized spacial score (nSPS) is 16.2. The van der Waals surface area contributed by atoms with Crippen molar-refractivity contribution in [1.29, 1.82) is 5.26 Å². The standard InChI is InChI=1S/C14H18ClN3/c15-13-10-12(11-16)4-5-14(13)17-6-9-18-7-2-1-3-8-18/h4-5,10,17H,1-3,6-9H2. The summed E-state index contributed by atoms with van der Waals surface area (Å²) in [6.45, 7) is 4.37. The average Bonchev–Trinajstić information content (AvgIpc) is 2.42. The van der Waals surface area contributed by atoms with Gasteiger partial charge in [0.1, 0.15) is 0 Å². The molecule has 0 atom stereocenters. The van der Waals surface area contributed by atoms with Crippen LogP contribution >= 0.6 is 11.6 Å². The smallest absolute Gasteiger partial charge is 0.0992 e. The van der Waals surface area contributed by atoms with Gasteiger partial charge in [0.25, 0.3) is 0 Å². The third-order valence-electron chi connectivity index (χ3n) is 3.29. The van der Waals surface area contributed by atoms with Gasteiger partial charge >= 0.3 is 0 Å². The molecule has 0 amide bonds. The SMILES string of the molecule is N#Cc1ccc(NCCN2CCCCC2)c(Cl)c1. The molecule has 1 aromatic carbocycles. The second kappa shape index (κ2) is 6.63. The molecular formula is C14H18ClN3. The zero-order valence-corrected chi connectivity index (χ0v) is 11.2. The minimum atomic E-state index is 0.599. The first kappa shape index (κ1) is 13.2. The Morgan fingerprint density at radius 1 is 1.28 bits per heavy atom. The number of anilines is 1. The number of nitrogens with zero attached hydrogens (tertiary/aromatic N) is 2. The number of hydrogen-bond acceptors (Lipinski definition) is 3. The Morgan fingerprint density at radius 2 is 2.06 bits per heavy atom. The molecule has 96 valence electrons. The summed E-state index contributed by atoms with van der Waals surface area (Å²) in [7, 11) is 0. The molecule has 0 spiro atoms. The highest BCUT2D eigenvalue weighted by Crippen LogP contribution is 2.22. The summed E-state index contributed by atoms with van der Waals surface area (Å²) < 4.78 is 0. The summed E-state index contributed by atoms with van der Waals surface area (Å²) >= 11 is 6.10. The van der Waals surface area contributed by atoms with Crippen LogP contribution < -0.4 is 5.32 Å². The third-order valence-corrected chi connectivity index (χ3v) is 3.60. The molecule has 18 heavy (non-hydrogen) atoms. The van der Waals surface area contributed by atoms with E-state index in [1.807, 2.05) is 6.07 Å². The minimum Gasteiger partial charge on any atom is -0.383 e. The molecule has 0 aliphatic carbocycles. The van der Waals surface area contributed by atoms with Crippen LogP contribution in [0.5, 0.6) is 0 Å². The molecule has 2 rings (SSSR count). The highest BCUT2D eigenvalue weighted by atomic mass is 35.5. The summed E-state index contributed by atoms with van der Waals surface area (Å²) in [5.74, 6) is 0. The number of hydrogen-bond donors (Lipinski definition) is 1. The maximum Gasteiger partial charge on any atom is 0.0992 e. The molecular weight excluding hydrogens is 246 g/mol. The van der Waals surface area contributed by atoms with Crippen molar-refractivity contribution in [3.8, 4) is 6.07 Å². The second-order valence-electron chi connectivity index (χ2n) is 4.64. The van der Waals surface area contributed by atoms with Crippen LogP contribution in [0.25, 0.3) is 0 Å². The first-order valence-electron chi connectivity index (χ1n) is 6.45. The monoisotopic (exact) mass is 263 g/mol. The molecule has 3 nitrogen and oxygen atoms in total. The van der Waals surface area contributed by atoms with Crippen LogP contribution in [0.1, 0.15) is 24.8 Å². The van der Waals surface area contributed by atoms with Crippen LogP contribution in [-0.2, 0) is 0 Å². The molecule has 0 unspecified atom stereocenters. The fourth-order valence-corrected chi connectivity index (χ4v) is 2.51. The quantitative estimate of drug-likeness (QED) is 0.907. The van der Waals surface area contributed by atoms with Crippen molar-refractivity contribution < 1.29 is 0 Å². The van der Waals surface area contributed by atoms with Crippen molar-refractivity contribution in [2.75, 3.05) is 31.5 Å². The van der Waals surface area contributed by atoms with E-state index in [1.54, 1.807) is 12.1 Å². The molecule has 1 aliphatic rings. The lowest BCUT2D eigenvalue weighted by Crippen LogP contribution is -2.33. The zero-order chi connectivity index (χ0) is 12.8. The fourth-order valence-electron chi connectivity index (χ4n) is 2.26. The number of halogens is 1. The van der Waals surface area contributed by atoms with Gasteiger partial charge in [-0.1, -0.05) is 18.0 Å². The molecule has 1 heterocycles. The summed E-state index contributed by atoms with van der Waals surface area (Å²) in [6.07, 6.45) is 4.00. The number of piperidine rings is 1. The Hall–Kier alpha value is -1.24. The van der Waals surface area contributed by atoms with Gasteiger partial charge in [0.2, 0.25) is 0 Å². The molecule has 1 aliphatic heterocycles. The van der Waals surface area contributed by atoms with E-state index in [1.165, 1.54) is 32.4 Å². The van der Waals surface area contributed by atoms with Crippen LogP contribution in [0.4, 0.5) is 5.69 Å². The molecule has 1 saturated heterocycles. The summed E-state index contributed by atoms with van der Waals surface area (Å²) in [5.41, 5.74) is 1.51. The number of rotatable bonds is 4. The highest BCUT2D eigenvalue weighted by Gasteiger charge is 2.09. The zero-order valence-electron chi connectivity index (χ0n) is 10.5. The van der Waals surface area contributed by atoms with Gasteiger partial charge in [0, 0.05) is 13.1 Å². The Labute approximate surface area is 113 Å². The molecule has 0 bridgehead atoms. The lowest BCUT2D eigenvalue weighted by atomic mass is 10.1. The predicted molar refractivity (Wildman–Crippen MR) is 74.9 cm³/mol. The van der Waals surface area contributed by atoms with Gasteiger partial charge in [-0.15, -0.1) is 0 Å². The molecule has 1 aromatic rings. The van der Waals surface area contributed by atoms with Gasteiger partial charge in [-0.3, -0.25) is 0 Å². The van der Waals surface area contributed by atoms with Crippen molar-refractivity contribution in [2.45, 2.75) is 19.3 Å². The number of nitriles is 1. The first-order chi connectivity index (χ1) is 8.79. The topological polar surface area (TPSA) is 39.1 Å². The third kappa shape index (κ3) is 3.63. The van der Waals surface area contributed by atoms with E-state index in [2.05, 4.69) is 16.3 Å². The maximum atomic E-state index is 8.76. The van der Waals surface area contributed by atoms with E-state index in [4.69, 9.17) is 16.9 Å². The van der Waals surface area contributed by atoms with Crippen LogP contribution in [0.15, 0.2) is 18.2 Å². The highest BCUT2D eigenvalue weighted by molar-refractivity contribution is 6.33. The summed E-state index contributed by atoms with van der Waals surface area (Å²) in [4.78, 5) is 2.48. The Bertz CT molecular complexity index is 433. The van der Waals surface area contributed by atoms with Crippen LogP contribution in [0, 0.1) is 11.3 Å². The molecule has 0 radical (unpaired) electrons. The average molecular weight is 264 g/mol. The van der Waals surface area contributed by atoms with E-state index in [0.29, 0.717) is 10.6 Å². The first-order valence-corrected chi connectivity index (χ1v) is 6.83. The lowest BCUT2D eigenvalue weighted by molar-refractivity contribution is 0.237. The van der Waals surface area contributed by atoms with E-state index < -0.39 is 0 Å². The molecule has 0 aromatic heterocycles. The van der Waals surface area contributed by atoms with Crippen molar-refractivity contribution in [1.82, 2.24) is 4.90 Å². The summed E-state index contributed by atoms with van der Waals surface area (Å²) in [5, 5.41) is 12.7. The molecule has 1 fully saturated rings. The number of benzene rings is 1. The van der Waals surface area contributed by atoms with Crippen molar-refractivity contribution in [2.24, 2.45) is 0 Å². The predicted octanol–water partition coefficient (Wildman–Crippen LogP) is 3.11. The van der Waals surface area contributed by atoms with Gasteiger partial charge in [-0.05, 0) is 44.1 Å². The van der Waals surface area contributed by atoms with E-state index in [0.717, 1.165) is 18.8 Å². The lowest BCUT2D eigenvalue weighted by Gasteiger charge is -2.26. The van der Waals surface area contributed by atoms with Gasteiger partial charge in [0.15, 0.2) is 0 Å². The van der Waals surface area contributed by atoms with Gasteiger partial charge < -0.3 is 10.2 Å². The van der Waals surface area contributed by atoms with Gasteiger partial charge in [-0.25, -0.2) is 0 Å². The summed E-state index contributed by atoms with van der Waals surface area (Å²) in [6, 6.07) is 7.44. The van der Waals surface area contributed by atoms with Crippen molar-refractivity contribution in [3.63, 3.8) is 0 Å². The Balaban J connectivity index is 1.81. The molecule has 1 N–H and O–H groups in total. The van der Waals surface area contributed by atoms with Crippen LogP contribution in [0.3, 0.4) is 0 Å². The van der Waals surface area contributed by atoms with Crippen LogP contribution in [-0.4, -0.2) is 31.1 Å². The number of nitrogens with one attached hydrogen (secondary N) is 1. The molecule has 4 heteroatoms. The van der Waals surface area contributed by atoms with Crippen molar-refractivity contribution >= 4 is 17.3 Å². The van der Waals surface area contributed by atoms with E-state index in [9.17, 15) is 0 Å². The second-order valence-corrected chi connectivity index (χ2v) is 5.04. The van der Waals surface area contributed by atoms with Crippen molar-refractivity contribution in [3.05, 3.63) is 28.8 Å². The minimum absolute atomic E-state index is 0.599. The fraction of sp³-hybridized carbons (Fsp3) is 0.500. The van der Waals surface area contributed by atoms with Crippen LogP contribution in [0.2, 0.25) is 5.02 Å². The van der Waals surface area contributed by atoms with E-state index in [-0.39, 0.29) is 0 Å². The Morgan fingerprint density at radius 3 is 2.72 bits per heavy atom. The van der Waals surface area contributed by atoms with Gasteiger partial charge in [-0.2, -0.15) is 5.26 Å². The van der Waals surface area contributed by atoms with Gasteiger partial charge in [0.05, 0.1) is 22.3 Å². The molecule has 0 saturated carbocycles. The Kier molecular flexibility index (Phi) is 4.86.